The molecule has 0 radical (unpaired) electrons. The van der Waals surface area contributed by atoms with Crippen molar-refractivity contribution in [2.24, 2.45) is 22.7 Å². The molecule has 5 aliphatic carbocycles. The summed E-state index contributed by atoms with van der Waals surface area (Å²) in [6.45, 7) is 3.07. The zero-order valence-electron chi connectivity index (χ0n) is 17.7. The van der Waals surface area contributed by atoms with Gasteiger partial charge in [-0.3, -0.25) is 9.79 Å². The smallest absolute Gasteiger partial charge is 0.226 e. The van der Waals surface area contributed by atoms with E-state index in [1.807, 2.05) is 0 Å². The molecule has 162 valence electrons. The van der Waals surface area contributed by atoms with E-state index in [0.29, 0.717) is 12.5 Å². The van der Waals surface area contributed by atoms with Crippen LogP contribution in [0, 0.1) is 17.8 Å². The van der Waals surface area contributed by atoms with E-state index in [0.717, 1.165) is 34.8 Å². The highest BCUT2D eigenvalue weighted by Gasteiger charge is 2.51. The van der Waals surface area contributed by atoms with Crippen molar-refractivity contribution in [3.8, 4) is 0 Å². The number of rotatable bonds is 5. The van der Waals surface area contributed by atoms with E-state index in [1.165, 1.54) is 70.6 Å². The van der Waals surface area contributed by atoms with Crippen molar-refractivity contribution in [1.82, 2.24) is 9.88 Å². The van der Waals surface area contributed by atoms with Crippen LogP contribution in [0.25, 0.3) is 0 Å². The first-order chi connectivity index (χ1) is 13.6. The van der Waals surface area contributed by atoms with Crippen molar-refractivity contribution < 1.29 is 4.79 Å². The summed E-state index contributed by atoms with van der Waals surface area (Å²) >= 11 is 1.72. The van der Waals surface area contributed by atoms with Crippen molar-refractivity contribution in [3.63, 3.8) is 0 Å². The Morgan fingerprint density at radius 2 is 1.76 bits per heavy atom. The standard InChI is InChI=1S/C23H35N3OS.ClH/c1-2-26-20(15-28-22(26)24-19-6-4-3-5-7-19)11-21(27)25-23-12-16-8-17(13-23)10-18(9-16)14-23;/h15-19H,2-14H2,1H3,(H,25,27);1H. The summed E-state index contributed by atoms with van der Waals surface area (Å²) in [6.07, 6.45) is 14.9. The molecule has 0 spiro atoms. The summed E-state index contributed by atoms with van der Waals surface area (Å²) in [5.41, 5.74) is 1.26. The zero-order chi connectivity index (χ0) is 19.1. The molecule has 5 fully saturated rings. The second-order valence-corrected chi connectivity index (χ2v) is 10.9. The van der Waals surface area contributed by atoms with Crippen molar-refractivity contribution in [1.29, 1.82) is 0 Å². The van der Waals surface area contributed by atoms with Crippen molar-refractivity contribution in [2.45, 2.75) is 102 Å². The fraction of sp³-hybridized carbons (Fsp3) is 0.826. The minimum Gasteiger partial charge on any atom is -0.350 e. The van der Waals surface area contributed by atoms with E-state index in [1.54, 1.807) is 11.3 Å². The van der Waals surface area contributed by atoms with Gasteiger partial charge in [-0.2, -0.15) is 0 Å². The molecule has 0 saturated heterocycles. The molecule has 0 aliphatic heterocycles. The quantitative estimate of drug-likeness (QED) is 0.702. The molecule has 29 heavy (non-hydrogen) atoms. The molecule has 1 amide bonds. The lowest BCUT2D eigenvalue weighted by Gasteiger charge is -2.56. The lowest BCUT2D eigenvalue weighted by Crippen LogP contribution is -2.60. The second-order valence-electron chi connectivity index (χ2n) is 10.1. The fourth-order valence-electron chi connectivity index (χ4n) is 7.08. The van der Waals surface area contributed by atoms with E-state index >= 15 is 0 Å². The highest BCUT2D eigenvalue weighted by molar-refractivity contribution is 7.07. The summed E-state index contributed by atoms with van der Waals surface area (Å²) in [5, 5.41) is 5.71. The minimum absolute atomic E-state index is 0. The van der Waals surface area contributed by atoms with E-state index in [9.17, 15) is 4.79 Å². The summed E-state index contributed by atoms with van der Waals surface area (Å²) in [6, 6.07) is 0.485. The first-order valence-corrected chi connectivity index (χ1v) is 12.5. The van der Waals surface area contributed by atoms with Crippen LogP contribution in [0.2, 0.25) is 0 Å². The predicted molar refractivity (Wildman–Crippen MR) is 120 cm³/mol. The molecule has 0 unspecified atom stereocenters. The number of nitrogens with zero attached hydrogens (tertiary/aromatic N) is 2. The molecular weight excluding hydrogens is 402 g/mol. The molecule has 1 heterocycles. The molecule has 1 N–H and O–H groups in total. The molecule has 5 saturated carbocycles. The Morgan fingerprint density at radius 3 is 2.34 bits per heavy atom. The third-order valence-electron chi connectivity index (χ3n) is 7.85. The summed E-state index contributed by atoms with van der Waals surface area (Å²) in [5.74, 6) is 2.84. The number of hydrogen-bond acceptors (Lipinski definition) is 3. The van der Waals surface area contributed by atoms with Gasteiger partial charge >= 0.3 is 0 Å². The van der Waals surface area contributed by atoms with Crippen LogP contribution in [0.4, 0.5) is 0 Å². The number of aromatic nitrogens is 1. The highest BCUT2D eigenvalue weighted by atomic mass is 35.5. The zero-order valence-corrected chi connectivity index (χ0v) is 19.3. The third kappa shape index (κ3) is 4.46. The number of amides is 1. The molecule has 1 aromatic rings. The van der Waals surface area contributed by atoms with Gasteiger partial charge in [-0.05, 0) is 76.0 Å². The molecular formula is C23H36ClN3OS. The van der Waals surface area contributed by atoms with Gasteiger partial charge in [0, 0.05) is 23.2 Å². The number of thiazole rings is 1. The van der Waals surface area contributed by atoms with Gasteiger partial charge in [0.25, 0.3) is 0 Å². The minimum atomic E-state index is 0. The van der Waals surface area contributed by atoms with Crippen LogP contribution < -0.4 is 10.1 Å². The number of carbonyl (C=O) groups excluding carboxylic acids is 1. The van der Waals surface area contributed by atoms with Gasteiger partial charge in [-0.25, -0.2) is 0 Å². The molecule has 5 aliphatic rings. The topological polar surface area (TPSA) is 46.4 Å². The first-order valence-electron chi connectivity index (χ1n) is 11.6. The van der Waals surface area contributed by atoms with Gasteiger partial charge in [0.2, 0.25) is 5.91 Å². The van der Waals surface area contributed by atoms with Crippen LogP contribution in [0.5, 0.6) is 0 Å². The molecule has 0 aromatic carbocycles. The van der Waals surface area contributed by atoms with Gasteiger partial charge in [0.05, 0.1) is 12.5 Å². The SMILES string of the molecule is CCn1c(CC(=O)NC23CC4CC(CC(C4)C2)C3)csc1=NC1CCCCC1.Cl. The molecule has 0 atom stereocenters. The molecule has 1 aromatic heterocycles. The summed E-state index contributed by atoms with van der Waals surface area (Å²) < 4.78 is 2.28. The van der Waals surface area contributed by atoms with Crippen LogP contribution in [0.3, 0.4) is 0 Å². The fourth-order valence-corrected chi connectivity index (χ4v) is 8.12. The maximum Gasteiger partial charge on any atom is 0.226 e. The number of hydrogen-bond donors (Lipinski definition) is 1. The predicted octanol–water partition coefficient (Wildman–Crippen LogP) is 4.85. The first kappa shape index (κ1) is 21.4. The van der Waals surface area contributed by atoms with Gasteiger partial charge in [-0.1, -0.05) is 19.3 Å². The van der Waals surface area contributed by atoms with Gasteiger partial charge in [0.1, 0.15) is 0 Å². The summed E-state index contributed by atoms with van der Waals surface area (Å²) in [4.78, 5) is 19.2. The second kappa shape index (κ2) is 8.74. The van der Waals surface area contributed by atoms with Gasteiger partial charge < -0.3 is 9.88 Å². The van der Waals surface area contributed by atoms with Crippen molar-refractivity contribution >= 4 is 29.7 Å². The Morgan fingerprint density at radius 1 is 1.14 bits per heavy atom. The average molecular weight is 438 g/mol. The third-order valence-corrected chi connectivity index (χ3v) is 8.77. The number of nitrogens with one attached hydrogen (secondary N) is 1. The normalized spacial score (nSPS) is 34.2. The van der Waals surface area contributed by atoms with Crippen LogP contribution in [0.15, 0.2) is 10.4 Å². The van der Waals surface area contributed by atoms with Crippen molar-refractivity contribution in [2.75, 3.05) is 0 Å². The monoisotopic (exact) mass is 437 g/mol. The Hall–Kier alpha value is -0.810. The molecule has 6 rings (SSSR count). The maximum absolute atomic E-state index is 13.0. The number of halogens is 1. The van der Waals surface area contributed by atoms with Crippen LogP contribution >= 0.6 is 23.7 Å². The maximum atomic E-state index is 13.0. The van der Waals surface area contributed by atoms with Gasteiger partial charge in [-0.15, -0.1) is 23.7 Å². The van der Waals surface area contributed by atoms with E-state index in [4.69, 9.17) is 4.99 Å². The largest absolute Gasteiger partial charge is 0.350 e. The van der Waals surface area contributed by atoms with Crippen LogP contribution in [-0.4, -0.2) is 22.1 Å². The van der Waals surface area contributed by atoms with Crippen molar-refractivity contribution in [3.05, 3.63) is 15.9 Å². The number of carbonyl (C=O) groups is 1. The van der Waals surface area contributed by atoms with Gasteiger partial charge in [0.15, 0.2) is 4.80 Å². The highest BCUT2D eigenvalue weighted by Crippen LogP contribution is 2.55. The average Bonchev–Trinajstić information content (AvgIpc) is 3.02. The Balaban J connectivity index is 0.00000205. The van der Waals surface area contributed by atoms with E-state index in [-0.39, 0.29) is 23.9 Å². The lowest BCUT2D eigenvalue weighted by molar-refractivity contribution is -0.126. The van der Waals surface area contributed by atoms with Crippen LogP contribution in [-0.2, 0) is 17.8 Å². The summed E-state index contributed by atoms with van der Waals surface area (Å²) in [7, 11) is 0. The molecule has 4 nitrogen and oxygen atoms in total. The van der Waals surface area contributed by atoms with Crippen LogP contribution in [0.1, 0.15) is 83.2 Å². The van der Waals surface area contributed by atoms with E-state index in [2.05, 4.69) is 22.2 Å². The van der Waals surface area contributed by atoms with E-state index < -0.39 is 0 Å². The molecule has 4 bridgehead atoms. The Kier molecular flexibility index (Phi) is 6.46. The molecule has 6 heteroatoms. The lowest BCUT2D eigenvalue weighted by atomic mass is 9.53. The Bertz CT molecular complexity index is 757. The Labute approximate surface area is 185 Å².